The van der Waals surface area contributed by atoms with E-state index in [4.69, 9.17) is 0 Å². The molecular formula is C19H22N2O3S2. The molecule has 0 aliphatic carbocycles. The van der Waals surface area contributed by atoms with Crippen LogP contribution >= 0.6 is 11.3 Å². The van der Waals surface area contributed by atoms with Crippen LogP contribution in [0, 0.1) is 6.92 Å². The van der Waals surface area contributed by atoms with Gasteiger partial charge < -0.3 is 4.90 Å². The fraction of sp³-hybridized carbons (Fsp3) is 0.316. The van der Waals surface area contributed by atoms with Crippen LogP contribution in [-0.2, 0) is 14.8 Å². The molecule has 1 fully saturated rings. The van der Waals surface area contributed by atoms with Crippen LogP contribution in [0.1, 0.15) is 23.3 Å². The Morgan fingerprint density at radius 1 is 1.19 bits per heavy atom. The van der Waals surface area contributed by atoms with Crippen LogP contribution in [-0.4, -0.2) is 38.4 Å². The van der Waals surface area contributed by atoms with Crippen molar-refractivity contribution in [1.82, 2.24) is 9.62 Å². The maximum atomic E-state index is 12.5. The Bertz CT molecular complexity index is 864. The highest BCUT2D eigenvalue weighted by molar-refractivity contribution is 7.89. The number of piperidine rings is 1. The van der Waals surface area contributed by atoms with Gasteiger partial charge in [0.1, 0.15) is 0 Å². The van der Waals surface area contributed by atoms with E-state index in [2.05, 4.69) is 4.72 Å². The van der Waals surface area contributed by atoms with Gasteiger partial charge in [-0.05, 0) is 49.4 Å². The highest BCUT2D eigenvalue weighted by atomic mass is 32.2. The molecule has 2 aromatic rings. The fourth-order valence-corrected chi connectivity index (χ4v) is 4.79. The minimum Gasteiger partial charge on any atom is -0.339 e. The Balaban J connectivity index is 1.53. The normalized spacial score (nSPS) is 16.3. The average molecular weight is 391 g/mol. The molecule has 138 valence electrons. The Kier molecular flexibility index (Phi) is 5.90. The van der Waals surface area contributed by atoms with Gasteiger partial charge in [-0.1, -0.05) is 23.8 Å². The Morgan fingerprint density at radius 2 is 1.88 bits per heavy atom. The van der Waals surface area contributed by atoms with Crippen molar-refractivity contribution in [3.63, 3.8) is 0 Å². The zero-order valence-corrected chi connectivity index (χ0v) is 16.2. The molecule has 0 saturated carbocycles. The lowest BCUT2D eigenvalue weighted by molar-refractivity contribution is -0.126. The Morgan fingerprint density at radius 3 is 2.50 bits per heavy atom. The average Bonchev–Trinajstić information content (AvgIpc) is 3.14. The van der Waals surface area contributed by atoms with E-state index in [-0.39, 0.29) is 16.8 Å². The molecule has 1 saturated heterocycles. The van der Waals surface area contributed by atoms with E-state index in [1.54, 1.807) is 46.6 Å². The van der Waals surface area contributed by atoms with Crippen molar-refractivity contribution >= 4 is 33.3 Å². The number of rotatable bonds is 5. The molecule has 0 spiro atoms. The summed E-state index contributed by atoms with van der Waals surface area (Å²) in [5.41, 5.74) is 1.02. The largest absolute Gasteiger partial charge is 0.339 e. The third-order valence-electron chi connectivity index (χ3n) is 4.39. The molecule has 1 N–H and O–H groups in total. The number of thiophene rings is 1. The van der Waals surface area contributed by atoms with Gasteiger partial charge in [0.15, 0.2) is 0 Å². The summed E-state index contributed by atoms with van der Waals surface area (Å²) in [6.07, 6.45) is 4.63. The van der Waals surface area contributed by atoms with Gasteiger partial charge in [-0.3, -0.25) is 4.79 Å². The van der Waals surface area contributed by atoms with Gasteiger partial charge in [0.05, 0.1) is 4.90 Å². The molecule has 5 nitrogen and oxygen atoms in total. The van der Waals surface area contributed by atoms with Crippen LogP contribution in [0.25, 0.3) is 6.08 Å². The number of aryl methyl sites for hydroxylation is 1. The number of benzene rings is 1. The van der Waals surface area contributed by atoms with Crippen LogP contribution in [0.2, 0.25) is 0 Å². The summed E-state index contributed by atoms with van der Waals surface area (Å²) in [6.45, 7) is 3.02. The SMILES string of the molecule is Cc1ccc(S(=O)(=O)NC2CCN(C(=O)C=Cc3cccs3)CC2)cc1. The number of carbonyl (C=O) groups is 1. The first-order valence-corrected chi connectivity index (χ1v) is 10.9. The second-order valence-electron chi connectivity index (χ2n) is 6.38. The maximum Gasteiger partial charge on any atom is 0.246 e. The van der Waals surface area contributed by atoms with Gasteiger partial charge in [-0.15, -0.1) is 11.3 Å². The number of likely N-dealkylation sites (tertiary alicyclic amines) is 1. The molecule has 1 aliphatic heterocycles. The number of nitrogens with zero attached hydrogens (tertiary/aromatic N) is 1. The number of nitrogens with one attached hydrogen (secondary N) is 1. The zero-order chi connectivity index (χ0) is 18.6. The molecule has 1 aromatic heterocycles. The zero-order valence-electron chi connectivity index (χ0n) is 14.6. The van der Waals surface area contributed by atoms with Crippen molar-refractivity contribution in [2.75, 3.05) is 13.1 Å². The predicted molar refractivity (Wildman–Crippen MR) is 104 cm³/mol. The highest BCUT2D eigenvalue weighted by Crippen LogP contribution is 2.17. The van der Waals surface area contributed by atoms with Gasteiger partial charge in [0.2, 0.25) is 15.9 Å². The minimum atomic E-state index is -3.52. The lowest BCUT2D eigenvalue weighted by Gasteiger charge is -2.31. The molecular weight excluding hydrogens is 368 g/mol. The summed E-state index contributed by atoms with van der Waals surface area (Å²) in [6, 6.07) is 10.6. The summed E-state index contributed by atoms with van der Waals surface area (Å²) >= 11 is 1.58. The van der Waals surface area contributed by atoms with E-state index in [0.717, 1.165) is 10.4 Å². The Hall–Kier alpha value is -1.96. The summed E-state index contributed by atoms with van der Waals surface area (Å²) in [4.78, 5) is 15.3. The summed E-state index contributed by atoms with van der Waals surface area (Å²) < 4.78 is 27.7. The summed E-state index contributed by atoms with van der Waals surface area (Å²) in [7, 11) is -3.52. The van der Waals surface area contributed by atoms with Crippen LogP contribution in [0.5, 0.6) is 0 Å². The topological polar surface area (TPSA) is 66.5 Å². The van der Waals surface area contributed by atoms with Gasteiger partial charge in [0.25, 0.3) is 0 Å². The first-order valence-electron chi connectivity index (χ1n) is 8.53. The van der Waals surface area contributed by atoms with Crippen LogP contribution in [0.4, 0.5) is 0 Å². The second-order valence-corrected chi connectivity index (χ2v) is 9.08. The van der Waals surface area contributed by atoms with Crippen molar-refractivity contribution in [2.24, 2.45) is 0 Å². The van der Waals surface area contributed by atoms with Crippen molar-refractivity contribution in [1.29, 1.82) is 0 Å². The Labute approximate surface area is 158 Å². The molecule has 1 aliphatic rings. The van der Waals surface area contributed by atoms with Crippen LogP contribution < -0.4 is 4.72 Å². The van der Waals surface area contributed by atoms with E-state index in [1.165, 1.54) is 0 Å². The van der Waals surface area contributed by atoms with Crippen molar-refractivity contribution < 1.29 is 13.2 Å². The third-order valence-corrected chi connectivity index (χ3v) is 6.77. The predicted octanol–water partition coefficient (Wildman–Crippen LogP) is 3.04. The van der Waals surface area contributed by atoms with Gasteiger partial charge in [-0.25, -0.2) is 13.1 Å². The van der Waals surface area contributed by atoms with E-state index in [1.807, 2.05) is 30.5 Å². The summed E-state index contributed by atoms with van der Waals surface area (Å²) in [5.74, 6) is -0.0294. The lowest BCUT2D eigenvalue weighted by Crippen LogP contribution is -2.46. The lowest BCUT2D eigenvalue weighted by atomic mass is 10.1. The smallest absolute Gasteiger partial charge is 0.246 e. The van der Waals surface area contributed by atoms with Gasteiger partial charge in [-0.2, -0.15) is 0 Å². The van der Waals surface area contributed by atoms with Crippen molar-refractivity contribution in [3.05, 3.63) is 58.3 Å². The second kappa shape index (κ2) is 8.16. The molecule has 0 unspecified atom stereocenters. The molecule has 2 heterocycles. The molecule has 1 amide bonds. The van der Waals surface area contributed by atoms with Crippen molar-refractivity contribution in [2.45, 2.75) is 30.7 Å². The number of hydrogen-bond acceptors (Lipinski definition) is 4. The quantitative estimate of drug-likeness (QED) is 0.798. The van der Waals surface area contributed by atoms with Crippen molar-refractivity contribution in [3.8, 4) is 0 Å². The molecule has 0 radical (unpaired) electrons. The highest BCUT2D eigenvalue weighted by Gasteiger charge is 2.25. The standard InChI is InChI=1S/C19H22N2O3S2/c1-15-4-7-18(8-5-15)26(23,24)20-16-10-12-21(13-11-16)19(22)9-6-17-3-2-14-25-17/h2-9,14,16,20H,10-13H2,1H3. The molecule has 26 heavy (non-hydrogen) atoms. The molecule has 1 aromatic carbocycles. The number of amides is 1. The van der Waals surface area contributed by atoms with Gasteiger partial charge in [0, 0.05) is 30.1 Å². The van der Waals surface area contributed by atoms with Crippen LogP contribution in [0.15, 0.2) is 52.7 Å². The molecule has 7 heteroatoms. The van der Waals surface area contributed by atoms with E-state index in [9.17, 15) is 13.2 Å². The molecule has 0 bridgehead atoms. The fourth-order valence-electron chi connectivity index (χ4n) is 2.87. The summed E-state index contributed by atoms with van der Waals surface area (Å²) in [5, 5.41) is 1.97. The van der Waals surface area contributed by atoms with E-state index >= 15 is 0 Å². The van der Waals surface area contributed by atoms with Crippen LogP contribution in [0.3, 0.4) is 0 Å². The van der Waals surface area contributed by atoms with E-state index < -0.39 is 10.0 Å². The number of carbonyl (C=O) groups excluding carboxylic acids is 1. The molecule has 0 atom stereocenters. The van der Waals surface area contributed by atoms with Gasteiger partial charge >= 0.3 is 0 Å². The minimum absolute atomic E-state index is 0.0294. The maximum absolute atomic E-state index is 12.5. The first kappa shape index (κ1) is 18.8. The first-order chi connectivity index (χ1) is 12.4. The number of hydrogen-bond donors (Lipinski definition) is 1. The monoisotopic (exact) mass is 390 g/mol. The number of sulfonamides is 1. The third kappa shape index (κ3) is 4.81. The molecule has 3 rings (SSSR count). The van der Waals surface area contributed by atoms with E-state index in [0.29, 0.717) is 25.9 Å².